The summed E-state index contributed by atoms with van der Waals surface area (Å²) < 4.78 is 5.34. The molecule has 2 heteroatoms. The number of carbonyl (C=O) groups excluding carboxylic acids is 1. The molecule has 1 aromatic rings. The van der Waals surface area contributed by atoms with Crippen molar-refractivity contribution in [1.82, 2.24) is 0 Å². The molecule has 2 rings (SSSR count). The average Bonchev–Trinajstić information content (AvgIpc) is 2.90. The number of ketones is 1. The van der Waals surface area contributed by atoms with E-state index in [-0.39, 0.29) is 11.7 Å². The second-order valence-electron chi connectivity index (χ2n) is 5.46. The van der Waals surface area contributed by atoms with Crippen LogP contribution in [0.15, 0.2) is 18.2 Å². The summed E-state index contributed by atoms with van der Waals surface area (Å²) in [5, 5.41) is 0. The lowest BCUT2D eigenvalue weighted by Gasteiger charge is -2.14. The number of hydrogen-bond acceptors (Lipinski definition) is 2. The maximum Gasteiger partial charge on any atom is 0.169 e. The summed E-state index contributed by atoms with van der Waals surface area (Å²) in [6.07, 6.45) is 4.44. The molecule has 0 amide bonds. The number of carbonyl (C=O) groups is 1. The van der Waals surface area contributed by atoms with E-state index in [1.165, 1.54) is 18.4 Å². The second kappa shape index (κ2) is 5.55. The molecule has 0 bridgehead atoms. The molecule has 1 aliphatic carbocycles. The van der Waals surface area contributed by atoms with Crippen LogP contribution in [0.5, 0.6) is 5.75 Å². The molecule has 0 heterocycles. The lowest BCUT2D eigenvalue weighted by Crippen LogP contribution is -2.13. The summed E-state index contributed by atoms with van der Waals surface area (Å²) in [5.41, 5.74) is 1.98. The third-order valence-electron chi connectivity index (χ3n) is 3.88. The molecule has 1 aliphatic rings. The molecule has 0 saturated heterocycles. The maximum absolute atomic E-state index is 12.5. The predicted molar refractivity (Wildman–Crippen MR) is 73.4 cm³/mol. The zero-order chi connectivity index (χ0) is 13.1. The normalized spacial score (nSPS) is 16.2. The van der Waals surface area contributed by atoms with E-state index in [1.807, 2.05) is 12.1 Å². The lowest BCUT2D eigenvalue weighted by molar-refractivity contribution is 0.0919. The molecule has 1 aromatic carbocycles. The summed E-state index contributed by atoms with van der Waals surface area (Å²) >= 11 is 0. The fourth-order valence-corrected chi connectivity index (χ4v) is 2.69. The highest BCUT2D eigenvalue weighted by Gasteiger charge is 2.26. The first kappa shape index (κ1) is 13.1. The Morgan fingerprint density at radius 2 is 1.94 bits per heavy atom. The first-order chi connectivity index (χ1) is 8.63. The number of benzene rings is 1. The van der Waals surface area contributed by atoms with Gasteiger partial charge < -0.3 is 4.74 Å². The van der Waals surface area contributed by atoms with Crippen LogP contribution in [0.3, 0.4) is 0 Å². The van der Waals surface area contributed by atoms with Gasteiger partial charge in [-0.1, -0.05) is 32.8 Å². The third kappa shape index (κ3) is 2.58. The molecule has 18 heavy (non-hydrogen) atoms. The van der Waals surface area contributed by atoms with Crippen molar-refractivity contribution in [2.24, 2.45) is 5.92 Å². The van der Waals surface area contributed by atoms with Crippen LogP contribution in [-0.2, 0) is 0 Å². The molecule has 0 unspecified atom stereocenters. The standard InChI is InChI=1S/C16H22O2/c1-11(2)13-8-9-15(18-3)14(10-13)16(17)12-6-4-5-7-12/h8-12H,4-7H2,1-3H3. The summed E-state index contributed by atoms with van der Waals surface area (Å²) in [5.74, 6) is 1.63. The Kier molecular flexibility index (Phi) is 4.05. The topological polar surface area (TPSA) is 26.3 Å². The molecule has 2 nitrogen and oxygen atoms in total. The maximum atomic E-state index is 12.5. The van der Waals surface area contributed by atoms with Gasteiger partial charge in [-0.2, -0.15) is 0 Å². The average molecular weight is 246 g/mol. The summed E-state index contributed by atoms with van der Waals surface area (Å²) in [4.78, 5) is 12.5. The van der Waals surface area contributed by atoms with E-state index in [4.69, 9.17) is 4.74 Å². The number of rotatable bonds is 4. The van der Waals surface area contributed by atoms with Gasteiger partial charge in [0.1, 0.15) is 5.75 Å². The van der Waals surface area contributed by atoms with Gasteiger partial charge >= 0.3 is 0 Å². The van der Waals surface area contributed by atoms with Crippen LogP contribution < -0.4 is 4.74 Å². The van der Waals surface area contributed by atoms with Crippen molar-refractivity contribution in [1.29, 1.82) is 0 Å². The van der Waals surface area contributed by atoms with Gasteiger partial charge in [0.25, 0.3) is 0 Å². The largest absolute Gasteiger partial charge is 0.496 e. The van der Waals surface area contributed by atoms with Crippen molar-refractivity contribution in [3.8, 4) is 5.75 Å². The van der Waals surface area contributed by atoms with Crippen LogP contribution in [0, 0.1) is 5.92 Å². The minimum Gasteiger partial charge on any atom is -0.496 e. The summed E-state index contributed by atoms with van der Waals surface area (Å²) in [6.45, 7) is 4.29. The fourth-order valence-electron chi connectivity index (χ4n) is 2.69. The van der Waals surface area contributed by atoms with Gasteiger partial charge in [0.05, 0.1) is 12.7 Å². The zero-order valence-electron chi connectivity index (χ0n) is 11.5. The highest BCUT2D eigenvalue weighted by molar-refractivity contribution is 6.00. The van der Waals surface area contributed by atoms with Crippen molar-refractivity contribution in [3.05, 3.63) is 29.3 Å². The second-order valence-corrected chi connectivity index (χ2v) is 5.46. The van der Waals surface area contributed by atoms with E-state index >= 15 is 0 Å². The molecule has 98 valence electrons. The molecule has 0 spiro atoms. The van der Waals surface area contributed by atoms with E-state index in [0.29, 0.717) is 5.92 Å². The van der Waals surface area contributed by atoms with Crippen LogP contribution in [-0.4, -0.2) is 12.9 Å². The van der Waals surface area contributed by atoms with E-state index in [0.717, 1.165) is 24.2 Å². The zero-order valence-corrected chi connectivity index (χ0v) is 11.5. The Bertz CT molecular complexity index is 429. The quantitative estimate of drug-likeness (QED) is 0.744. The molecule has 0 atom stereocenters. The highest BCUT2D eigenvalue weighted by atomic mass is 16.5. The number of Topliss-reactive ketones (excluding diaryl/α,β-unsaturated/α-hetero) is 1. The number of methoxy groups -OCH3 is 1. The predicted octanol–water partition coefficient (Wildman–Crippen LogP) is 4.19. The fraction of sp³-hybridized carbons (Fsp3) is 0.562. The Morgan fingerprint density at radius 3 is 2.50 bits per heavy atom. The molecule has 0 N–H and O–H groups in total. The van der Waals surface area contributed by atoms with Crippen molar-refractivity contribution >= 4 is 5.78 Å². The molecule has 1 fully saturated rings. The Morgan fingerprint density at radius 1 is 1.28 bits per heavy atom. The SMILES string of the molecule is COc1ccc(C(C)C)cc1C(=O)C1CCCC1. The van der Waals surface area contributed by atoms with Gasteiger partial charge in [0.15, 0.2) is 5.78 Å². The van der Waals surface area contributed by atoms with Gasteiger partial charge in [-0.15, -0.1) is 0 Å². The molecule has 0 aliphatic heterocycles. The van der Waals surface area contributed by atoms with Gasteiger partial charge in [-0.3, -0.25) is 4.79 Å². The smallest absolute Gasteiger partial charge is 0.169 e. The van der Waals surface area contributed by atoms with E-state index in [2.05, 4.69) is 19.9 Å². The van der Waals surface area contributed by atoms with Crippen LogP contribution in [0.4, 0.5) is 0 Å². The first-order valence-electron chi connectivity index (χ1n) is 6.85. The number of hydrogen-bond donors (Lipinski definition) is 0. The molecular formula is C16H22O2. The summed E-state index contributed by atoms with van der Waals surface area (Å²) in [7, 11) is 1.63. The Balaban J connectivity index is 2.33. The van der Waals surface area contributed by atoms with E-state index < -0.39 is 0 Å². The Hall–Kier alpha value is -1.31. The molecular weight excluding hydrogens is 224 g/mol. The van der Waals surface area contributed by atoms with E-state index in [9.17, 15) is 4.79 Å². The van der Waals surface area contributed by atoms with Crippen molar-refractivity contribution in [3.63, 3.8) is 0 Å². The van der Waals surface area contributed by atoms with Gasteiger partial charge in [0, 0.05) is 5.92 Å². The minimum atomic E-state index is 0.210. The molecule has 0 radical (unpaired) electrons. The van der Waals surface area contributed by atoms with Crippen LogP contribution >= 0.6 is 0 Å². The Labute approximate surface area is 109 Å². The van der Waals surface area contributed by atoms with Gasteiger partial charge in [-0.05, 0) is 36.5 Å². The van der Waals surface area contributed by atoms with Crippen LogP contribution in [0.1, 0.15) is 61.4 Å². The molecule has 0 aromatic heterocycles. The minimum absolute atomic E-state index is 0.210. The number of ether oxygens (including phenoxy) is 1. The van der Waals surface area contributed by atoms with Crippen molar-refractivity contribution in [2.45, 2.75) is 45.4 Å². The highest BCUT2D eigenvalue weighted by Crippen LogP contribution is 2.32. The van der Waals surface area contributed by atoms with E-state index in [1.54, 1.807) is 7.11 Å². The third-order valence-corrected chi connectivity index (χ3v) is 3.88. The monoisotopic (exact) mass is 246 g/mol. The summed E-state index contributed by atoms with van der Waals surface area (Å²) in [6, 6.07) is 6.00. The van der Waals surface area contributed by atoms with Gasteiger partial charge in [-0.25, -0.2) is 0 Å². The lowest BCUT2D eigenvalue weighted by atomic mass is 9.92. The van der Waals surface area contributed by atoms with Crippen molar-refractivity contribution in [2.75, 3.05) is 7.11 Å². The van der Waals surface area contributed by atoms with Gasteiger partial charge in [0.2, 0.25) is 0 Å². The molecule has 1 saturated carbocycles. The first-order valence-corrected chi connectivity index (χ1v) is 6.85. The van der Waals surface area contributed by atoms with Crippen LogP contribution in [0.25, 0.3) is 0 Å². The van der Waals surface area contributed by atoms with Crippen molar-refractivity contribution < 1.29 is 9.53 Å². The van der Waals surface area contributed by atoms with Crippen LogP contribution in [0.2, 0.25) is 0 Å².